The maximum absolute atomic E-state index is 12.6. The number of rotatable bonds is 6. The van der Waals surface area contributed by atoms with Crippen LogP contribution in [0.2, 0.25) is 0 Å². The van der Waals surface area contributed by atoms with Crippen LogP contribution < -0.4 is 5.32 Å². The lowest BCUT2D eigenvalue weighted by atomic mass is 10.0. The molecule has 2 heterocycles. The van der Waals surface area contributed by atoms with Crippen molar-refractivity contribution in [3.05, 3.63) is 53.9 Å². The highest BCUT2D eigenvalue weighted by atomic mass is 16.1. The molecule has 1 aromatic carbocycles. The van der Waals surface area contributed by atoms with Crippen molar-refractivity contribution in [2.75, 3.05) is 19.6 Å². The average Bonchev–Trinajstić information content (AvgIpc) is 3.01. The summed E-state index contributed by atoms with van der Waals surface area (Å²) < 4.78 is 1.82. The lowest BCUT2D eigenvalue weighted by Gasteiger charge is -2.31. The molecule has 1 atom stereocenters. The zero-order chi connectivity index (χ0) is 18.4. The van der Waals surface area contributed by atoms with Crippen LogP contribution in [0.3, 0.4) is 0 Å². The van der Waals surface area contributed by atoms with Crippen molar-refractivity contribution in [3.8, 4) is 0 Å². The van der Waals surface area contributed by atoms with E-state index < -0.39 is 0 Å². The molecular formula is C21H30N4O. The van der Waals surface area contributed by atoms with Crippen LogP contribution in [-0.2, 0) is 0 Å². The molecule has 1 unspecified atom stereocenters. The summed E-state index contributed by atoms with van der Waals surface area (Å²) in [7, 11) is 0. The SMILES string of the molecule is CC(C)n1cc(C(=O)NCC(c2ccccc2)N2CCCCCC2)cn1. The molecule has 1 aliphatic rings. The number of nitrogens with one attached hydrogen (secondary N) is 1. The quantitative estimate of drug-likeness (QED) is 0.858. The van der Waals surface area contributed by atoms with Crippen molar-refractivity contribution in [1.82, 2.24) is 20.0 Å². The second kappa shape index (κ2) is 8.99. The average molecular weight is 354 g/mol. The van der Waals surface area contributed by atoms with Gasteiger partial charge in [0.05, 0.1) is 17.8 Å². The molecule has 1 fully saturated rings. The van der Waals surface area contributed by atoms with E-state index in [9.17, 15) is 4.79 Å². The van der Waals surface area contributed by atoms with Crippen molar-refractivity contribution >= 4 is 5.91 Å². The van der Waals surface area contributed by atoms with E-state index in [4.69, 9.17) is 0 Å². The molecule has 26 heavy (non-hydrogen) atoms. The highest BCUT2D eigenvalue weighted by Crippen LogP contribution is 2.23. The molecule has 0 radical (unpaired) electrons. The van der Waals surface area contributed by atoms with Gasteiger partial charge in [-0.2, -0.15) is 5.10 Å². The summed E-state index contributed by atoms with van der Waals surface area (Å²) in [5, 5.41) is 7.40. The van der Waals surface area contributed by atoms with Gasteiger partial charge in [0.1, 0.15) is 0 Å². The molecule has 0 bridgehead atoms. The van der Waals surface area contributed by atoms with Crippen LogP contribution in [0.25, 0.3) is 0 Å². The van der Waals surface area contributed by atoms with E-state index in [1.165, 1.54) is 31.2 Å². The molecule has 1 saturated heterocycles. The topological polar surface area (TPSA) is 50.2 Å². The van der Waals surface area contributed by atoms with Crippen LogP contribution in [-0.4, -0.2) is 40.2 Å². The summed E-state index contributed by atoms with van der Waals surface area (Å²) in [5.74, 6) is -0.0485. The minimum atomic E-state index is -0.0485. The van der Waals surface area contributed by atoms with Gasteiger partial charge in [0.2, 0.25) is 0 Å². The molecule has 5 heteroatoms. The van der Waals surface area contributed by atoms with E-state index in [2.05, 4.69) is 53.4 Å². The van der Waals surface area contributed by atoms with Gasteiger partial charge in [0.15, 0.2) is 0 Å². The fourth-order valence-corrected chi connectivity index (χ4v) is 3.57. The van der Waals surface area contributed by atoms with Crippen LogP contribution in [0.15, 0.2) is 42.7 Å². The number of hydrogen-bond acceptors (Lipinski definition) is 3. The third kappa shape index (κ3) is 4.73. The van der Waals surface area contributed by atoms with Gasteiger partial charge < -0.3 is 5.32 Å². The Balaban J connectivity index is 1.69. The molecule has 0 saturated carbocycles. The van der Waals surface area contributed by atoms with Gasteiger partial charge in [0, 0.05) is 18.8 Å². The molecule has 140 valence electrons. The molecule has 5 nitrogen and oxygen atoms in total. The Bertz CT molecular complexity index is 687. The predicted molar refractivity (Wildman–Crippen MR) is 104 cm³/mol. The zero-order valence-electron chi connectivity index (χ0n) is 15.9. The molecule has 1 amide bonds. The fraction of sp³-hybridized carbons (Fsp3) is 0.524. The Morgan fingerprint density at radius 3 is 2.42 bits per heavy atom. The highest BCUT2D eigenvalue weighted by molar-refractivity contribution is 5.93. The fourth-order valence-electron chi connectivity index (χ4n) is 3.57. The second-order valence-electron chi connectivity index (χ2n) is 7.39. The van der Waals surface area contributed by atoms with Gasteiger partial charge in [-0.3, -0.25) is 14.4 Å². The normalized spacial score (nSPS) is 17.0. The number of carbonyl (C=O) groups excluding carboxylic acids is 1. The number of aromatic nitrogens is 2. The summed E-state index contributed by atoms with van der Waals surface area (Å²) >= 11 is 0. The number of carbonyl (C=O) groups is 1. The number of nitrogens with zero attached hydrogens (tertiary/aromatic N) is 3. The summed E-state index contributed by atoms with van der Waals surface area (Å²) in [5.41, 5.74) is 1.90. The Morgan fingerprint density at radius 2 is 1.81 bits per heavy atom. The van der Waals surface area contributed by atoms with Crippen LogP contribution in [0, 0.1) is 0 Å². The van der Waals surface area contributed by atoms with Crippen molar-refractivity contribution in [1.29, 1.82) is 0 Å². The van der Waals surface area contributed by atoms with E-state index in [0.29, 0.717) is 12.1 Å². The zero-order valence-corrected chi connectivity index (χ0v) is 15.9. The molecule has 3 rings (SSSR count). The predicted octanol–water partition coefficient (Wildman–Crippen LogP) is 3.81. The van der Waals surface area contributed by atoms with E-state index in [-0.39, 0.29) is 18.0 Å². The lowest BCUT2D eigenvalue weighted by molar-refractivity contribution is 0.0933. The third-order valence-electron chi connectivity index (χ3n) is 5.11. The number of hydrogen-bond donors (Lipinski definition) is 1. The first-order valence-corrected chi connectivity index (χ1v) is 9.76. The summed E-state index contributed by atoms with van der Waals surface area (Å²) in [6, 6.07) is 11.0. The third-order valence-corrected chi connectivity index (χ3v) is 5.11. The van der Waals surface area contributed by atoms with Gasteiger partial charge in [0.25, 0.3) is 5.91 Å². The monoisotopic (exact) mass is 354 g/mol. The summed E-state index contributed by atoms with van der Waals surface area (Å²) in [4.78, 5) is 15.1. The Hall–Kier alpha value is -2.14. The van der Waals surface area contributed by atoms with Gasteiger partial charge in [-0.25, -0.2) is 0 Å². The molecule has 1 N–H and O–H groups in total. The highest BCUT2D eigenvalue weighted by Gasteiger charge is 2.22. The van der Waals surface area contributed by atoms with Crippen LogP contribution in [0.1, 0.15) is 67.5 Å². The van der Waals surface area contributed by atoms with Gasteiger partial charge >= 0.3 is 0 Å². The van der Waals surface area contributed by atoms with Crippen molar-refractivity contribution < 1.29 is 4.79 Å². The van der Waals surface area contributed by atoms with Gasteiger partial charge in [-0.05, 0) is 45.3 Å². The standard InChI is InChI=1S/C21H30N4O/c1-17(2)25-16-19(14-23-25)21(26)22-15-20(18-10-6-5-7-11-18)24-12-8-3-4-9-13-24/h5-7,10-11,14,16-17,20H,3-4,8-9,12-13,15H2,1-2H3,(H,22,26). The van der Waals surface area contributed by atoms with Crippen molar-refractivity contribution in [2.45, 2.75) is 51.6 Å². The van der Waals surface area contributed by atoms with Crippen molar-refractivity contribution in [3.63, 3.8) is 0 Å². The first-order chi connectivity index (χ1) is 12.6. The Morgan fingerprint density at radius 1 is 1.12 bits per heavy atom. The number of amides is 1. The maximum atomic E-state index is 12.6. The van der Waals surface area contributed by atoms with E-state index in [1.807, 2.05) is 16.9 Å². The van der Waals surface area contributed by atoms with Gasteiger partial charge in [-0.1, -0.05) is 43.2 Å². The maximum Gasteiger partial charge on any atom is 0.254 e. The molecule has 0 spiro atoms. The summed E-state index contributed by atoms with van der Waals surface area (Å²) in [6.07, 6.45) is 8.55. The first kappa shape index (κ1) is 18.6. The number of likely N-dealkylation sites (tertiary alicyclic amines) is 1. The van der Waals surface area contributed by atoms with Gasteiger partial charge in [-0.15, -0.1) is 0 Å². The van der Waals surface area contributed by atoms with E-state index in [0.717, 1.165) is 13.1 Å². The van der Waals surface area contributed by atoms with E-state index in [1.54, 1.807) is 6.20 Å². The molecule has 0 aliphatic carbocycles. The molecular weight excluding hydrogens is 324 g/mol. The first-order valence-electron chi connectivity index (χ1n) is 9.76. The molecule has 1 aromatic heterocycles. The number of benzene rings is 1. The molecule has 1 aliphatic heterocycles. The minimum Gasteiger partial charge on any atom is -0.350 e. The Kier molecular flexibility index (Phi) is 6.45. The second-order valence-corrected chi connectivity index (χ2v) is 7.39. The minimum absolute atomic E-state index is 0.0485. The van der Waals surface area contributed by atoms with Crippen molar-refractivity contribution in [2.24, 2.45) is 0 Å². The van der Waals surface area contributed by atoms with Crippen LogP contribution in [0.4, 0.5) is 0 Å². The smallest absolute Gasteiger partial charge is 0.254 e. The van der Waals surface area contributed by atoms with Crippen LogP contribution >= 0.6 is 0 Å². The summed E-state index contributed by atoms with van der Waals surface area (Å²) in [6.45, 7) is 6.93. The Labute approximate surface area is 156 Å². The lowest BCUT2D eigenvalue weighted by Crippen LogP contribution is -2.38. The van der Waals surface area contributed by atoms with Crippen LogP contribution in [0.5, 0.6) is 0 Å². The largest absolute Gasteiger partial charge is 0.350 e. The van der Waals surface area contributed by atoms with E-state index >= 15 is 0 Å². The molecule has 2 aromatic rings.